The Labute approximate surface area is 147 Å². The predicted molar refractivity (Wildman–Crippen MR) is 96.3 cm³/mol. The highest BCUT2D eigenvalue weighted by molar-refractivity contribution is 5.98. The molecule has 1 aliphatic heterocycles. The van der Waals surface area contributed by atoms with Gasteiger partial charge in [-0.2, -0.15) is 0 Å². The first-order valence-corrected chi connectivity index (χ1v) is 8.71. The van der Waals surface area contributed by atoms with E-state index in [0.29, 0.717) is 17.6 Å². The summed E-state index contributed by atoms with van der Waals surface area (Å²) in [4.78, 5) is 17.9. The van der Waals surface area contributed by atoms with Crippen LogP contribution in [-0.4, -0.2) is 53.2 Å². The van der Waals surface area contributed by atoms with E-state index >= 15 is 0 Å². The molecule has 5 nitrogen and oxygen atoms in total. The highest BCUT2D eigenvalue weighted by atomic mass is 19.1. The van der Waals surface area contributed by atoms with Crippen molar-refractivity contribution in [1.82, 2.24) is 15.2 Å². The minimum Gasteiger partial charge on any atom is -0.373 e. The van der Waals surface area contributed by atoms with E-state index in [4.69, 9.17) is 4.74 Å². The van der Waals surface area contributed by atoms with Gasteiger partial charge in [0.1, 0.15) is 11.5 Å². The van der Waals surface area contributed by atoms with Crippen LogP contribution in [0.4, 0.5) is 4.39 Å². The van der Waals surface area contributed by atoms with Gasteiger partial charge in [0.25, 0.3) is 5.91 Å². The average Bonchev–Trinajstić information content (AvgIpc) is 2.95. The van der Waals surface area contributed by atoms with Crippen LogP contribution in [0, 0.1) is 5.82 Å². The third-order valence-electron chi connectivity index (χ3n) is 4.78. The number of amides is 1. The molecule has 1 aromatic carbocycles. The lowest BCUT2D eigenvalue weighted by Crippen LogP contribution is -2.58. The zero-order valence-electron chi connectivity index (χ0n) is 15.2. The van der Waals surface area contributed by atoms with Crippen molar-refractivity contribution < 1.29 is 13.9 Å². The van der Waals surface area contributed by atoms with Gasteiger partial charge in [-0.3, -0.25) is 9.69 Å². The smallest absolute Gasteiger partial charge is 0.267 e. The predicted octanol–water partition coefficient (Wildman–Crippen LogP) is 2.92. The zero-order chi connectivity index (χ0) is 18.2. The maximum atomic E-state index is 13.3. The fourth-order valence-electron chi connectivity index (χ4n) is 3.40. The van der Waals surface area contributed by atoms with Crippen LogP contribution in [0.5, 0.6) is 0 Å². The molecule has 2 N–H and O–H groups in total. The molecule has 2 unspecified atom stereocenters. The van der Waals surface area contributed by atoms with Crippen molar-refractivity contribution in [3.63, 3.8) is 0 Å². The summed E-state index contributed by atoms with van der Waals surface area (Å²) in [5.41, 5.74) is 1.02. The number of hydrogen-bond acceptors (Lipinski definition) is 3. The molecule has 2 aromatic rings. The maximum absolute atomic E-state index is 13.3. The molecule has 0 spiro atoms. The molecular formula is C19H26FN3O2. The number of nitrogens with one attached hydrogen (secondary N) is 2. The Morgan fingerprint density at radius 2 is 2.00 bits per heavy atom. The van der Waals surface area contributed by atoms with Gasteiger partial charge < -0.3 is 15.0 Å². The minimum atomic E-state index is -0.310. The second kappa shape index (κ2) is 6.77. The summed E-state index contributed by atoms with van der Waals surface area (Å²) in [5, 5.41) is 3.69. The van der Waals surface area contributed by atoms with E-state index in [-0.39, 0.29) is 29.5 Å². The zero-order valence-corrected chi connectivity index (χ0v) is 15.2. The Morgan fingerprint density at radius 1 is 1.32 bits per heavy atom. The number of halogens is 1. The summed E-state index contributed by atoms with van der Waals surface area (Å²) in [5.74, 6) is -0.491. The lowest BCUT2D eigenvalue weighted by Gasteiger charge is -2.45. The van der Waals surface area contributed by atoms with Gasteiger partial charge in [0.2, 0.25) is 0 Å². The Bertz CT molecular complexity index is 761. The molecule has 2 heterocycles. The first kappa shape index (κ1) is 17.9. The Hall–Kier alpha value is -1.92. The van der Waals surface area contributed by atoms with Crippen molar-refractivity contribution >= 4 is 16.8 Å². The normalized spacial score (nSPS) is 22.3. The summed E-state index contributed by atoms with van der Waals surface area (Å²) in [6.07, 6.45) is 0.365. The van der Waals surface area contributed by atoms with E-state index in [1.54, 1.807) is 12.1 Å². The number of benzene rings is 1. The van der Waals surface area contributed by atoms with Crippen LogP contribution in [0.2, 0.25) is 0 Å². The van der Waals surface area contributed by atoms with Crippen LogP contribution in [0.3, 0.4) is 0 Å². The third kappa shape index (κ3) is 4.02. The van der Waals surface area contributed by atoms with Crippen molar-refractivity contribution in [3.05, 3.63) is 35.8 Å². The van der Waals surface area contributed by atoms with Gasteiger partial charge in [-0.05, 0) is 52.0 Å². The molecule has 1 aromatic heterocycles. The standard InChI is InChI=1S/C19H26FN3O2/c1-12-9-23(10-13(2)25-12)19(3,4)11-21-18(24)17-8-14-7-15(20)5-6-16(14)22-17/h5-8,12-13,22H,9-11H2,1-4H3,(H,21,24). The number of aromatic nitrogens is 1. The van der Waals surface area contributed by atoms with Crippen LogP contribution in [-0.2, 0) is 4.74 Å². The van der Waals surface area contributed by atoms with Crippen LogP contribution >= 0.6 is 0 Å². The summed E-state index contributed by atoms with van der Waals surface area (Å²) in [6, 6.07) is 6.12. The Balaban J connectivity index is 1.65. The molecule has 6 heteroatoms. The number of hydrogen-bond donors (Lipinski definition) is 2. The fraction of sp³-hybridized carbons (Fsp3) is 0.526. The highest BCUT2D eigenvalue weighted by Gasteiger charge is 2.33. The number of rotatable bonds is 4. The molecule has 1 fully saturated rings. The number of carbonyl (C=O) groups is 1. The lowest BCUT2D eigenvalue weighted by molar-refractivity contribution is -0.0948. The average molecular weight is 347 g/mol. The summed E-state index contributed by atoms with van der Waals surface area (Å²) < 4.78 is 19.1. The molecular weight excluding hydrogens is 321 g/mol. The monoisotopic (exact) mass is 347 g/mol. The second-order valence-electron chi connectivity index (χ2n) is 7.57. The molecule has 136 valence electrons. The van der Waals surface area contributed by atoms with E-state index in [0.717, 1.165) is 18.6 Å². The number of morpholine rings is 1. The van der Waals surface area contributed by atoms with Gasteiger partial charge in [0.05, 0.1) is 12.2 Å². The highest BCUT2D eigenvalue weighted by Crippen LogP contribution is 2.21. The van der Waals surface area contributed by atoms with E-state index < -0.39 is 0 Å². The van der Waals surface area contributed by atoms with Crippen LogP contribution < -0.4 is 5.32 Å². The number of fused-ring (bicyclic) bond motifs is 1. The maximum Gasteiger partial charge on any atom is 0.267 e. The number of nitrogens with zero attached hydrogens (tertiary/aromatic N) is 1. The lowest BCUT2D eigenvalue weighted by atomic mass is 10.00. The Morgan fingerprint density at radius 3 is 2.68 bits per heavy atom. The molecule has 0 bridgehead atoms. The van der Waals surface area contributed by atoms with Crippen LogP contribution in [0.25, 0.3) is 10.9 Å². The van der Waals surface area contributed by atoms with Crippen molar-refractivity contribution in [2.75, 3.05) is 19.6 Å². The largest absolute Gasteiger partial charge is 0.373 e. The summed E-state index contributed by atoms with van der Waals surface area (Å²) in [7, 11) is 0. The topological polar surface area (TPSA) is 57.4 Å². The molecule has 3 rings (SSSR count). The van der Waals surface area contributed by atoms with E-state index in [1.165, 1.54) is 12.1 Å². The molecule has 0 radical (unpaired) electrons. The fourth-order valence-corrected chi connectivity index (χ4v) is 3.40. The van der Waals surface area contributed by atoms with Crippen molar-refractivity contribution in [2.45, 2.75) is 45.4 Å². The number of carbonyl (C=O) groups excluding carboxylic acids is 1. The minimum absolute atomic E-state index is 0.180. The van der Waals surface area contributed by atoms with E-state index in [1.807, 2.05) is 0 Å². The first-order valence-electron chi connectivity index (χ1n) is 8.71. The molecule has 0 aliphatic carbocycles. The molecule has 1 saturated heterocycles. The van der Waals surface area contributed by atoms with Gasteiger partial charge in [0.15, 0.2) is 0 Å². The summed E-state index contributed by atoms with van der Waals surface area (Å²) in [6.45, 7) is 10.6. The van der Waals surface area contributed by atoms with E-state index in [9.17, 15) is 9.18 Å². The van der Waals surface area contributed by atoms with Gasteiger partial charge in [-0.15, -0.1) is 0 Å². The molecule has 1 aliphatic rings. The van der Waals surface area contributed by atoms with Crippen LogP contribution in [0.1, 0.15) is 38.2 Å². The molecule has 25 heavy (non-hydrogen) atoms. The number of H-pyrrole nitrogens is 1. The van der Waals surface area contributed by atoms with Gasteiger partial charge in [0, 0.05) is 36.1 Å². The number of aromatic amines is 1. The summed E-state index contributed by atoms with van der Waals surface area (Å²) >= 11 is 0. The molecule has 1 amide bonds. The Kier molecular flexibility index (Phi) is 4.84. The molecule has 2 atom stereocenters. The number of ether oxygens (including phenoxy) is 1. The van der Waals surface area contributed by atoms with Gasteiger partial charge in [-0.1, -0.05) is 0 Å². The van der Waals surface area contributed by atoms with Crippen molar-refractivity contribution in [2.24, 2.45) is 0 Å². The van der Waals surface area contributed by atoms with Crippen LogP contribution in [0.15, 0.2) is 24.3 Å². The SMILES string of the molecule is CC1CN(C(C)(C)CNC(=O)c2cc3cc(F)ccc3[nH]2)CC(C)O1. The second-order valence-corrected chi connectivity index (χ2v) is 7.57. The molecule has 0 saturated carbocycles. The third-order valence-corrected chi connectivity index (χ3v) is 4.78. The van der Waals surface area contributed by atoms with Crippen molar-refractivity contribution in [3.8, 4) is 0 Å². The van der Waals surface area contributed by atoms with Gasteiger partial charge in [-0.25, -0.2) is 4.39 Å². The van der Waals surface area contributed by atoms with Gasteiger partial charge >= 0.3 is 0 Å². The van der Waals surface area contributed by atoms with E-state index in [2.05, 4.69) is 42.9 Å². The first-order chi connectivity index (χ1) is 11.7. The quantitative estimate of drug-likeness (QED) is 0.894. The van der Waals surface area contributed by atoms with Crippen molar-refractivity contribution in [1.29, 1.82) is 0 Å².